The van der Waals surface area contributed by atoms with Crippen LogP contribution in [0.4, 0.5) is 0 Å². The number of aldehydes is 1. The van der Waals surface area contributed by atoms with Crippen molar-refractivity contribution in [3.8, 4) is 0 Å². The van der Waals surface area contributed by atoms with Crippen molar-refractivity contribution in [2.75, 3.05) is 6.61 Å². The van der Waals surface area contributed by atoms with E-state index >= 15 is 0 Å². The van der Waals surface area contributed by atoms with Crippen molar-refractivity contribution in [1.82, 2.24) is 0 Å². The highest BCUT2D eigenvalue weighted by atomic mass is 16.6. The number of allylic oxidation sites excluding steroid dienone is 3. The van der Waals surface area contributed by atoms with Gasteiger partial charge in [-0.1, -0.05) is 18.2 Å². The quantitative estimate of drug-likeness (QED) is 0.213. The van der Waals surface area contributed by atoms with E-state index in [-0.39, 0.29) is 18.2 Å². The van der Waals surface area contributed by atoms with Gasteiger partial charge in [-0.25, -0.2) is 0 Å². The normalized spacial score (nSPS) is 23.1. The molecule has 4 heteroatoms. The van der Waals surface area contributed by atoms with Gasteiger partial charge in [-0.15, -0.1) is 0 Å². The minimum atomic E-state index is -0.144. The van der Waals surface area contributed by atoms with Crippen molar-refractivity contribution in [3.05, 3.63) is 24.3 Å². The Hall–Kier alpha value is -1.42. The molecule has 1 fully saturated rings. The van der Waals surface area contributed by atoms with Crippen LogP contribution in [0.3, 0.4) is 0 Å². The van der Waals surface area contributed by atoms with E-state index in [2.05, 4.69) is 0 Å². The monoisotopic (exact) mass is 238 g/mol. The average molecular weight is 238 g/mol. The first-order chi connectivity index (χ1) is 8.27. The van der Waals surface area contributed by atoms with Gasteiger partial charge in [0.15, 0.2) is 0 Å². The third-order valence-corrected chi connectivity index (χ3v) is 2.40. The Kier molecular flexibility index (Phi) is 6.25. The zero-order valence-corrected chi connectivity index (χ0v) is 10.0. The van der Waals surface area contributed by atoms with Crippen LogP contribution in [0.5, 0.6) is 0 Å². The fourth-order valence-corrected chi connectivity index (χ4v) is 1.52. The van der Waals surface area contributed by atoms with E-state index in [4.69, 9.17) is 9.47 Å². The summed E-state index contributed by atoms with van der Waals surface area (Å²) >= 11 is 0. The molecule has 1 heterocycles. The molecule has 0 unspecified atom stereocenters. The van der Waals surface area contributed by atoms with Gasteiger partial charge in [-0.2, -0.15) is 0 Å². The first kappa shape index (κ1) is 13.6. The molecule has 1 aliphatic rings. The molecular formula is C13H18O4. The number of carbonyl (C=O) groups is 2. The molecule has 1 rings (SSSR count). The molecule has 0 bridgehead atoms. The summed E-state index contributed by atoms with van der Waals surface area (Å²) in [7, 11) is 0. The molecule has 0 saturated carbocycles. The predicted octanol–water partition coefficient (Wildman–Crippen LogP) is 1.80. The summed E-state index contributed by atoms with van der Waals surface area (Å²) in [6.07, 6.45) is 9.99. The molecule has 0 radical (unpaired) electrons. The number of epoxide rings is 1. The summed E-state index contributed by atoms with van der Waals surface area (Å²) < 4.78 is 10.2. The van der Waals surface area contributed by atoms with Crippen molar-refractivity contribution in [3.63, 3.8) is 0 Å². The first-order valence-electron chi connectivity index (χ1n) is 5.87. The van der Waals surface area contributed by atoms with Crippen molar-refractivity contribution in [1.29, 1.82) is 0 Å². The highest BCUT2D eigenvalue weighted by molar-refractivity contribution is 5.69. The summed E-state index contributed by atoms with van der Waals surface area (Å²) in [6, 6.07) is 0. The minimum absolute atomic E-state index is 0.133. The third-order valence-electron chi connectivity index (χ3n) is 2.40. The summed E-state index contributed by atoms with van der Waals surface area (Å²) in [4.78, 5) is 21.0. The Bertz CT molecular complexity index is 307. The van der Waals surface area contributed by atoms with Crippen LogP contribution in [-0.2, 0) is 19.1 Å². The summed E-state index contributed by atoms with van der Waals surface area (Å²) in [5, 5.41) is 0. The molecule has 0 aliphatic carbocycles. The lowest BCUT2D eigenvalue weighted by Crippen LogP contribution is -2.04. The number of esters is 1. The highest BCUT2D eigenvalue weighted by Gasteiger charge is 2.35. The first-order valence-corrected chi connectivity index (χ1v) is 5.87. The van der Waals surface area contributed by atoms with Crippen LogP contribution in [0, 0.1) is 0 Å². The van der Waals surface area contributed by atoms with Gasteiger partial charge in [0.1, 0.15) is 12.4 Å². The van der Waals surface area contributed by atoms with E-state index in [1.165, 1.54) is 6.08 Å². The van der Waals surface area contributed by atoms with Gasteiger partial charge in [0, 0.05) is 6.42 Å². The van der Waals surface area contributed by atoms with Crippen molar-refractivity contribution in [2.45, 2.75) is 38.4 Å². The standard InChI is InChI=1S/C13H18O4/c1-2-16-13(15)9-6-8-12-11(17-12)7-4-3-5-10-14/h3-5,7,10-12H,2,6,8-9H2,1H3/b5-3+,7-4+/t11-,12-/m0/s1. The molecule has 0 spiro atoms. The van der Waals surface area contributed by atoms with E-state index in [1.807, 2.05) is 6.08 Å². The van der Waals surface area contributed by atoms with Gasteiger partial charge >= 0.3 is 5.97 Å². The second-order valence-electron chi connectivity index (χ2n) is 3.74. The van der Waals surface area contributed by atoms with Crippen LogP contribution in [0.2, 0.25) is 0 Å². The van der Waals surface area contributed by atoms with Crippen LogP contribution in [0.1, 0.15) is 26.2 Å². The van der Waals surface area contributed by atoms with Crippen molar-refractivity contribution < 1.29 is 19.1 Å². The van der Waals surface area contributed by atoms with Gasteiger partial charge in [0.05, 0.1) is 12.7 Å². The van der Waals surface area contributed by atoms with E-state index in [0.717, 1.165) is 19.1 Å². The summed E-state index contributed by atoms with van der Waals surface area (Å²) in [6.45, 7) is 2.24. The molecule has 0 aromatic heterocycles. The Morgan fingerprint density at radius 3 is 2.88 bits per heavy atom. The van der Waals surface area contributed by atoms with Crippen LogP contribution in [0.15, 0.2) is 24.3 Å². The Morgan fingerprint density at radius 2 is 2.18 bits per heavy atom. The number of rotatable bonds is 8. The van der Waals surface area contributed by atoms with Crippen molar-refractivity contribution in [2.24, 2.45) is 0 Å². The van der Waals surface area contributed by atoms with Gasteiger partial charge in [-0.05, 0) is 25.8 Å². The number of carbonyl (C=O) groups excluding carboxylic acids is 2. The number of hydrogen-bond donors (Lipinski definition) is 0. The predicted molar refractivity (Wildman–Crippen MR) is 63.5 cm³/mol. The number of ether oxygens (including phenoxy) is 2. The lowest BCUT2D eigenvalue weighted by Gasteiger charge is -1.99. The lowest BCUT2D eigenvalue weighted by molar-refractivity contribution is -0.143. The SMILES string of the molecule is CCOC(=O)CCC[C@@H]1O[C@H]1/C=C/C=C/C=O. The van der Waals surface area contributed by atoms with Crippen molar-refractivity contribution >= 4 is 12.3 Å². The molecular weight excluding hydrogens is 220 g/mol. The molecule has 4 nitrogen and oxygen atoms in total. The molecule has 0 N–H and O–H groups in total. The molecule has 2 atom stereocenters. The fourth-order valence-electron chi connectivity index (χ4n) is 1.52. The molecule has 1 aliphatic heterocycles. The molecule has 0 aromatic carbocycles. The zero-order valence-electron chi connectivity index (χ0n) is 10.0. The average Bonchev–Trinajstić information content (AvgIpc) is 3.04. The lowest BCUT2D eigenvalue weighted by atomic mass is 10.1. The third kappa shape index (κ3) is 6.02. The molecule has 17 heavy (non-hydrogen) atoms. The fraction of sp³-hybridized carbons (Fsp3) is 0.538. The zero-order chi connectivity index (χ0) is 12.5. The topological polar surface area (TPSA) is 55.9 Å². The van der Waals surface area contributed by atoms with Crippen LogP contribution < -0.4 is 0 Å². The smallest absolute Gasteiger partial charge is 0.305 e. The Labute approximate surface area is 101 Å². The van der Waals surface area contributed by atoms with Crippen LogP contribution in [0.25, 0.3) is 0 Å². The van der Waals surface area contributed by atoms with E-state index < -0.39 is 0 Å². The van der Waals surface area contributed by atoms with Crippen LogP contribution in [-0.4, -0.2) is 31.1 Å². The van der Waals surface area contributed by atoms with Gasteiger partial charge in [0.2, 0.25) is 0 Å². The van der Waals surface area contributed by atoms with Gasteiger partial charge in [0.25, 0.3) is 0 Å². The molecule has 94 valence electrons. The molecule has 0 aromatic rings. The maximum atomic E-state index is 11.1. The maximum absolute atomic E-state index is 11.1. The molecule has 1 saturated heterocycles. The second-order valence-corrected chi connectivity index (χ2v) is 3.74. The second kappa shape index (κ2) is 7.79. The Morgan fingerprint density at radius 1 is 1.35 bits per heavy atom. The van der Waals surface area contributed by atoms with Crippen LogP contribution >= 0.6 is 0 Å². The summed E-state index contributed by atoms with van der Waals surface area (Å²) in [5.41, 5.74) is 0. The van der Waals surface area contributed by atoms with E-state index in [0.29, 0.717) is 13.0 Å². The Balaban J connectivity index is 2.04. The largest absolute Gasteiger partial charge is 0.466 e. The highest BCUT2D eigenvalue weighted by Crippen LogP contribution is 2.28. The van der Waals surface area contributed by atoms with E-state index in [1.54, 1.807) is 19.1 Å². The minimum Gasteiger partial charge on any atom is -0.466 e. The van der Waals surface area contributed by atoms with E-state index in [9.17, 15) is 9.59 Å². The number of hydrogen-bond acceptors (Lipinski definition) is 4. The van der Waals surface area contributed by atoms with Gasteiger partial charge < -0.3 is 9.47 Å². The molecule has 0 amide bonds. The van der Waals surface area contributed by atoms with Gasteiger partial charge in [-0.3, -0.25) is 9.59 Å². The summed E-state index contributed by atoms with van der Waals surface area (Å²) in [5.74, 6) is -0.144. The maximum Gasteiger partial charge on any atom is 0.305 e.